The fourth-order valence-electron chi connectivity index (χ4n) is 5.53. The van der Waals surface area contributed by atoms with Gasteiger partial charge in [0.05, 0.1) is 12.1 Å². The Balaban J connectivity index is 1.06. The molecule has 206 valence electrons. The van der Waals surface area contributed by atoms with Crippen molar-refractivity contribution in [3.63, 3.8) is 0 Å². The molecule has 2 fully saturated rings. The highest BCUT2D eigenvalue weighted by molar-refractivity contribution is 6.07. The Kier molecular flexibility index (Phi) is 6.69. The minimum atomic E-state index is -0.842. The number of benzene rings is 3. The average molecular weight is 545 g/mol. The number of nitrogens with zero attached hydrogens (tertiary/aromatic N) is 4. The van der Waals surface area contributed by atoms with Gasteiger partial charge in [0, 0.05) is 42.7 Å². The van der Waals surface area contributed by atoms with E-state index < -0.39 is 17.3 Å². The van der Waals surface area contributed by atoms with Gasteiger partial charge in [0.1, 0.15) is 23.0 Å². The number of carbonyl (C=O) groups is 2. The van der Waals surface area contributed by atoms with Crippen LogP contribution in [-0.2, 0) is 11.3 Å². The molecule has 3 N–H and O–H groups in total. The fourth-order valence-corrected chi connectivity index (χ4v) is 5.53. The number of nitrogens with one attached hydrogen (secondary N) is 1. The lowest BCUT2D eigenvalue weighted by molar-refractivity contribution is -0.126. The third-order valence-electron chi connectivity index (χ3n) is 8.11. The quantitative estimate of drug-likeness (QED) is 0.336. The van der Waals surface area contributed by atoms with E-state index in [1.165, 1.54) is 0 Å². The average Bonchev–Trinajstić information content (AvgIpc) is 3.58. The summed E-state index contributed by atoms with van der Waals surface area (Å²) in [7, 11) is 0. The van der Waals surface area contributed by atoms with Gasteiger partial charge in [0.25, 0.3) is 5.91 Å². The summed E-state index contributed by atoms with van der Waals surface area (Å²) < 4.78 is 29.4. The minimum Gasteiger partial charge on any atom is -0.394 e. The zero-order valence-electron chi connectivity index (χ0n) is 21.9. The van der Waals surface area contributed by atoms with Gasteiger partial charge in [-0.15, -0.1) is 5.10 Å². The first-order chi connectivity index (χ1) is 19.3. The number of nitrogen functional groups attached to an aromatic ring is 1. The molecule has 1 atom stereocenters. The predicted molar refractivity (Wildman–Crippen MR) is 147 cm³/mol. The van der Waals surface area contributed by atoms with Gasteiger partial charge in [-0.05, 0) is 54.7 Å². The van der Waals surface area contributed by atoms with Gasteiger partial charge < -0.3 is 16.0 Å². The van der Waals surface area contributed by atoms with Crippen LogP contribution in [0.15, 0.2) is 60.8 Å². The lowest BCUT2D eigenvalue weighted by Gasteiger charge is -2.32. The molecule has 2 amide bonds. The highest BCUT2D eigenvalue weighted by Crippen LogP contribution is 2.46. The number of amides is 2. The summed E-state index contributed by atoms with van der Waals surface area (Å²) in [6, 6.07) is 15.8. The monoisotopic (exact) mass is 544 g/mol. The molecule has 1 aliphatic heterocycles. The molecule has 1 saturated carbocycles. The van der Waals surface area contributed by atoms with Gasteiger partial charge >= 0.3 is 0 Å². The molecular weight excluding hydrogens is 514 g/mol. The Morgan fingerprint density at radius 2 is 1.82 bits per heavy atom. The Morgan fingerprint density at radius 3 is 2.60 bits per heavy atom. The molecule has 1 aromatic heterocycles. The number of hydrogen-bond donors (Lipinski definition) is 2. The van der Waals surface area contributed by atoms with E-state index in [-0.39, 0.29) is 28.7 Å². The van der Waals surface area contributed by atoms with Crippen molar-refractivity contribution in [1.82, 2.24) is 25.2 Å². The van der Waals surface area contributed by atoms with Crippen molar-refractivity contribution in [2.24, 2.45) is 11.3 Å². The number of halogens is 2. The molecule has 1 aliphatic carbocycles. The van der Waals surface area contributed by atoms with E-state index in [0.717, 1.165) is 48.6 Å². The number of fused-ring (bicyclic) bond motifs is 1. The Morgan fingerprint density at radius 1 is 1.07 bits per heavy atom. The van der Waals surface area contributed by atoms with Crippen molar-refractivity contribution in [3.8, 4) is 11.3 Å². The van der Waals surface area contributed by atoms with E-state index >= 15 is 0 Å². The summed E-state index contributed by atoms with van der Waals surface area (Å²) >= 11 is 0. The van der Waals surface area contributed by atoms with Gasteiger partial charge in [-0.3, -0.25) is 14.3 Å². The summed E-state index contributed by atoms with van der Waals surface area (Å²) in [6.07, 6.45) is 4.99. The predicted octanol–water partition coefficient (Wildman–Crippen LogP) is 4.41. The van der Waals surface area contributed by atoms with E-state index in [1.54, 1.807) is 15.8 Å². The zero-order chi connectivity index (χ0) is 27.9. The fraction of sp³-hybridized carbons (Fsp3) is 0.333. The van der Waals surface area contributed by atoms with Crippen LogP contribution >= 0.6 is 0 Å². The zero-order valence-corrected chi connectivity index (χ0v) is 21.9. The normalized spacial score (nSPS) is 18.1. The topological polar surface area (TPSA) is 106 Å². The number of piperidine rings is 1. The van der Waals surface area contributed by atoms with Gasteiger partial charge in [0.15, 0.2) is 0 Å². The van der Waals surface area contributed by atoms with Crippen LogP contribution in [0, 0.1) is 23.0 Å². The molecule has 0 radical (unpaired) electrons. The first-order valence-corrected chi connectivity index (χ1v) is 13.5. The molecule has 1 saturated heterocycles. The standard InChI is InChI=1S/C30H30F2N6O2/c31-24-13-21(14-25(32)27(24)33)26-16-38(36-35-26)18-30(10-11-30)17-34-28(39)20-7-4-12-37(15-20)29(40)23-9-3-6-19-5-1-2-8-22(19)23/h1-3,5-6,8-9,13-14,16,20H,4,7,10-12,15,17-18,33H2,(H,34,39). The van der Waals surface area contributed by atoms with Crippen molar-refractivity contribution in [3.05, 3.63) is 78.0 Å². The Bertz CT molecular complexity index is 1570. The molecule has 6 rings (SSSR count). The van der Waals surface area contributed by atoms with Crippen molar-refractivity contribution in [1.29, 1.82) is 0 Å². The molecule has 0 bridgehead atoms. The van der Waals surface area contributed by atoms with E-state index in [0.29, 0.717) is 37.4 Å². The highest BCUT2D eigenvalue weighted by atomic mass is 19.1. The summed E-state index contributed by atoms with van der Waals surface area (Å²) in [6.45, 7) is 2.03. The first-order valence-electron chi connectivity index (χ1n) is 13.5. The summed E-state index contributed by atoms with van der Waals surface area (Å²) in [5.74, 6) is -2.04. The van der Waals surface area contributed by atoms with E-state index in [2.05, 4.69) is 15.6 Å². The van der Waals surface area contributed by atoms with Crippen LogP contribution in [0.25, 0.3) is 22.0 Å². The number of carbonyl (C=O) groups excluding carboxylic acids is 2. The van der Waals surface area contributed by atoms with Crippen LogP contribution < -0.4 is 11.1 Å². The maximum atomic E-state index is 13.9. The largest absolute Gasteiger partial charge is 0.394 e. The van der Waals surface area contributed by atoms with E-state index in [9.17, 15) is 18.4 Å². The molecular formula is C30H30F2N6O2. The number of aromatic nitrogens is 3. The lowest BCUT2D eigenvalue weighted by Crippen LogP contribution is -2.46. The SMILES string of the molecule is Nc1c(F)cc(-c2cn(CC3(CNC(=O)C4CCCN(C(=O)c5cccc6ccccc56)C4)CC3)nn2)cc1F. The molecule has 2 heterocycles. The molecule has 8 nitrogen and oxygen atoms in total. The molecule has 10 heteroatoms. The smallest absolute Gasteiger partial charge is 0.254 e. The van der Waals surface area contributed by atoms with E-state index in [4.69, 9.17) is 5.73 Å². The molecule has 1 unspecified atom stereocenters. The molecule has 4 aromatic rings. The first kappa shape index (κ1) is 25.9. The third-order valence-corrected chi connectivity index (χ3v) is 8.11. The molecule has 2 aliphatic rings. The molecule has 3 aromatic carbocycles. The van der Waals surface area contributed by atoms with Crippen LogP contribution in [0.1, 0.15) is 36.0 Å². The summed E-state index contributed by atoms with van der Waals surface area (Å²) in [4.78, 5) is 28.4. The van der Waals surface area contributed by atoms with Gasteiger partial charge in [-0.2, -0.15) is 0 Å². The van der Waals surface area contributed by atoms with Crippen LogP contribution in [0.5, 0.6) is 0 Å². The second-order valence-corrected chi connectivity index (χ2v) is 11.0. The van der Waals surface area contributed by atoms with Gasteiger partial charge in [-0.1, -0.05) is 41.6 Å². The second kappa shape index (κ2) is 10.3. The number of nitrogens with two attached hydrogens (primary N) is 1. The van der Waals surface area contributed by atoms with Crippen LogP contribution in [-0.4, -0.2) is 51.3 Å². The molecule has 0 spiro atoms. The number of likely N-dealkylation sites (tertiary alicyclic amines) is 1. The molecule has 40 heavy (non-hydrogen) atoms. The summed E-state index contributed by atoms with van der Waals surface area (Å²) in [5, 5.41) is 13.2. The minimum absolute atomic E-state index is 0.0455. The van der Waals surface area contributed by atoms with Crippen molar-refractivity contribution >= 4 is 28.3 Å². The highest BCUT2D eigenvalue weighted by Gasteiger charge is 2.44. The van der Waals surface area contributed by atoms with Crippen LogP contribution in [0.3, 0.4) is 0 Å². The van der Waals surface area contributed by atoms with E-state index in [1.807, 2.05) is 42.5 Å². The van der Waals surface area contributed by atoms with Crippen LogP contribution in [0.4, 0.5) is 14.5 Å². The van der Waals surface area contributed by atoms with Gasteiger partial charge in [0.2, 0.25) is 5.91 Å². The number of rotatable bonds is 7. The maximum absolute atomic E-state index is 13.9. The maximum Gasteiger partial charge on any atom is 0.254 e. The lowest BCUT2D eigenvalue weighted by atomic mass is 9.95. The van der Waals surface area contributed by atoms with Crippen molar-refractivity contribution in [2.45, 2.75) is 32.2 Å². The summed E-state index contributed by atoms with van der Waals surface area (Å²) in [5.41, 5.74) is 5.95. The van der Waals surface area contributed by atoms with Gasteiger partial charge in [-0.25, -0.2) is 8.78 Å². The Hall–Kier alpha value is -4.34. The third kappa shape index (κ3) is 5.13. The second-order valence-electron chi connectivity index (χ2n) is 11.0. The number of anilines is 1. The van der Waals surface area contributed by atoms with Crippen LogP contribution in [0.2, 0.25) is 0 Å². The Labute approximate surface area is 230 Å². The number of hydrogen-bond acceptors (Lipinski definition) is 5. The van der Waals surface area contributed by atoms with Crippen molar-refractivity contribution < 1.29 is 18.4 Å². The van der Waals surface area contributed by atoms with Crippen molar-refractivity contribution in [2.75, 3.05) is 25.4 Å².